The van der Waals surface area contributed by atoms with Crippen LogP contribution in [0.5, 0.6) is 0 Å². The Morgan fingerprint density at radius 1 is 1.20 bits per heavy atom. The average molecular weight is 214 g/mol. The third-order valence-electron chi connectivity index (χ3n) is 3.11. The number of hydrogen-bond acceptors (Lipinski definition) is 2. The van der Waals surface area contributed by atoms with Gasteiger partial charge in [-0.05, 0) is 45.4 Å². The molecule has 0 aliphatic heterocycles. The van der Waals surface area contributed by atoms with E-state index < -0.39 is 0 Å². The second kappa shape index (κ2) is 7.20. The second-order valence-corrected chi connectivity index (χ2v) is 4.31. The monoisotopic (exact) mass is 214 g/mol. The summed E-state index contributed by atoms with van der Waals surface area (Å²) in [4.78, 5) is 5.15. The van der Waals surface area contributed by atoms with Crippen LogP contribution in [0.25, 0.3) is 0 Å². The molecule has 1 aliphatic rings. The first-order valence-corrected chi connectivity index (χ1v) is 6.24. The van der Waals surface area contributed by atoms with E-state index in [1.54, 1.807) is 0 Å². The molecule has 1 saturated carbocycles. The maximum Gasteiger partial charge on any atom is 0.176 e. The number of rotatable bonds is 6. The summed E-state index contributed by atoms with van der Waals surface area (Å²) in [7, 11) is 0. The lowest BCUT2D eigenvalue weighted by molar-refractivity contribution is -0.201. The van der Waals surface area contributed by atoms with Gasteiger partial charge >= 0.3 is 0 Å². The van der Waals surface area contributed by atoms with Crippen molar-refractivity contribution in [1.29, 1.82) is 0 Å². The third-order valence-corrected chi connectivity index (χ3v) is 3.11. The van der Waals surface area contributed by atoms with Gasteiger partial charge in [0.25, 0.3) is 0 Å². The van der Waals surface area contributed by atoms with E-state index in [2.05, 4.69) is 12.4 Å². The SMILES string of the molecule is CC[N]OC(C)OC1CCC(CC)CC1. The van der Waals surface area contributed by atoms with Crippen LogP contribution in [-0.4, -0.2) is 18.9 Å². The largest absolute Gasteiger partial charge is 0.348 e. The van der Waals surface area contributed by atoms with Crippen molar-refractivity contribution >= 4 is 0 Å². The zero-order chi connectivity index (χ0) is 11.1. The topological polar surface area (TPSA) is 32.6 Å². The molecular weight excluding hydrogens is 190 g/mol. The molecule has 89 valence electrons. The van der Waals surface area contributed by atoms with Gasteiger partial charge in [-0.1, -0.05) is 18.8 Å². The van der Waals surface area contributed by atoms with Crippen LogP contribution in [0.2, 0.25) is 0 Å². The minimum Gasteiger partial charge on any atom is -0.348 e. The molecule has 0 aromatic rings. The van der Waals surface area contributed by atoms with E-state index >= 15 is 0 Å². The summed E-state index contributed by atoms with van der Waals surface area (Å²) in [6.45, 7) is 6.85. The second-order valence-electron chi connectivity index (χ2n) is 4.31. The smallest absolute Gasteiger partial charge is 0.176 e. The van der Waals surface area contributed by atoms with E-state index in [1.165, 1.54) is 32.1 Å². The quantitative estimate of drug-likeness (QED) is 0.503. The molecule has 0 N–H and O–H groups in total. The Kier molecular flexibility index (Phi) is 6.22. The minimum absolute atomic E-state index is 0.187. The van der Waals surface area contributed by atoms with Gasteiger partial charge < -0.3 is 4.74 Å². The van der Waals surface area contributed by atoms with E-state index in [9.17, 15) is 0 Å². The first-order chi connectivity index (χ1) is 7.26. The summed E-state index contributed by atoms with van der Waals surface area (Å²) < 4.78 is 5.77. The normalized spacial score (nSPS) is 29.0. The van der Waals surface area contributed by atoms with Gasteiger partial charge in [0.2, 0.25) is 0 Å². The molecule has 1 radical (unpaired) electrons. The zero-order valence-corrected chi connectivity index (χ0v) is 10.2. The Morgan fingerprint density at radius 2 is 1.87 bits per heavy atom. The van der Waals surface area contributed by atoms with Gasteiger partial charge in [-0.25, -0.2) is 0 Å². The lowest BCUT2D eigenvalue weighted by Gasteiger charge is -2.29. The van der Waals surface area contributed by atoms with Crippen molar-refractivity contribution in [3.63, 3.8) is 0 Å². The van der Waals surface area contributed by atoms with E-state index in [0.717, 1.165) is 5.92 Å². The summed E-state index contributed by atoms with van der Waals surface area (Å²) in [5.74, 6) is 0.918. The van der Waals surface area contributed by atoms with Crippen molar-refractivity contribution in [2.45, 2.75) is 65.3 Å². The molecule has 3 heteroatoms. The molecular formula is C12H24NO2. The molecule has 1 rings (SSSR count). The molecule has 1 unspecified atom stereocenters. The summed E-state index contributed by atoms with van der Waals surface area (Å²) in [6, 6.07) is 0. The van der Waals surface area contributed by atoms with Gasteiger partial charge in [0, 0.05) is 6.54 Å². The highest BCUT2D eigenvalue weighted by molar-refractivity contribution is 4.71. The molecule has 1 atom stereocenters. The lowest BCUT2D eigenvalue weighted by Crippen LogP contribution is -2.28. The number of hydrogen-bond donors (Lipinski definition) is 0. The van der Waals surface area contributed by atoms with E-state index in [4.69, 9.17) is 9.57 Å². The molecule has 15 heavy (non-hydrogen) atoms. The van der Waals surface area contributed by atoms with Gasteiger partial charge in [-0.15, -0.1) is 0 Å². The summed E-state index contributed by atoms with van der Waals surface area (Å²) in [5, 5.41) is 0. The molecule has 1 fully saturated rings. The van der Waals surface area contributed by atoms with E-state index in [1.807, 2.05) is 13.8 Å². The molecule has 0 amide bonds. The first-order valence-electron chi connectivity index (χ1n) is 6.24. The summed E-state index contributed by atoms with van der Waals surface area (Å²) in [6.07, 6.45) is 6.47. The highest BCUT2D eigenvalue weighted by atomic mass is 16.8. The first kappa shape index (κ1) is 12.9. The Morgan fingerprint density at radius 3 is 2.40 bits per heavy atom. The van der Waals surface area contributed by atoms with Crippen LogP contribution in [-0.2, 0) is 9.57 Å². The van der Waals surface area contributed by atoms with Gasteiger partial charge in [-0.2, -0.15) is 0 Å². The van der Waals surface area contributed by atoms with Crippen molar-refractivity contribution in [1.82, 2.24) is 5.48 Å². The number of hydroxylamine groups is 1. The van der Waals surface area contributed by atoms with Gasteiger partial charge in [-0.3, -0.25) is 4.84 Å². The molecule has 0 heterocycles. The number of ether oxygens (including phenoxy) is 1. The molecule has 0 saturated heterocycles. The fraction of sp³-hybridized carbons (Fsp3) is 1.00. The zero-order valence-electron chi connectivity index (χ0n) is 10.2. The van der Waals surface area contributed by atoms with Crippen LogP contribution in [0, 0.1) is 5.92 Å². The van der Waals surface area contributed by atoms with Crippen LogP contribution >= 0.6 is 0 Å². The highest BCUT2D eigenvalue weighted by Gasteiger charge is 2.22. The van der Waals surface area contributed by atoms with Gasteiger partial charge in [0.15, 0.2) is 6.29 Å². The number of nitrogens with zero attached hydrogens (tertiary/aromatic N) is 1. The van der Waals surface area contributed by atoms with Crippen LogP contribution in [0.15, 0.2) is 0 Å². The summed E-state index contributed by atoms with van der Waals surface area (Å²) >= 11 is 0. The molecule has 0 bridgehead atoms. The maximum atomic E-state index is 5.77. The van der Waals surface area contributed by atoms with Gasteiger partial charge in [0.05, 0.1) is 6.10 Å². The Balaban J connectivity index is 2.12. The molecule has 0 spiro atoms. The van der Waals surface area contributed by atoms with Crippen LogP contribution in [0.1, 0.15) is 52.9 Å². The highest BCUT2D eigenvalue weighted by Crippen LogP contribution is 2.28. The molecule has 1 aliphatic carbocycles. The lowest BCUT2D eigenvalue weighted by atomic mass is 9.86. The minimum atomic E-state index is -0.187. The van der Waals surface area contributed by atoms with Crippen LogP contribution in [0.3, 0.4) is 0 Å². The fourth-order valence-corrected chi connectivity index (χ4v) is 2.15. The molecule has 0 aromatic carbocycles. The van der Waals surface area contributed by atoms with E-state index in [0.29, 0.717) is 12.6 Å². The average Bonchev–Trinajstić information content (AvgIpc) is 2.27. The summed E-state index contributed by atoms with van der Waals surface area (Å²) in [5.41, 5.74) is 3.84. The Hall–Kier alpha value is -0.120. The van der Waals surface area contributed by atoms with Crippen molar-refractivity contribution in [2.75, 3.05) is 6.54 Å². The third kappa shape index (κ3) is 4.96. The Labute approximate surface area is 93.5 Å². The predicted molar refractivity (Wildman–Crippen MR) is 60.3 cm³/mol. The predicted octanol–water partition coefficient (Wildman–Crippen LogP) is 2.87. The van der Waals surface area contributed by atoms with E-state index in [-0.39, 0.29) is 6.29 Å². The van der Waals surface area contributed by atoms with Crippen molar-refractivity contribution in [3.05, 3.63) is 0 Å². The van der Waals surface area contributed by atoms with Crippen LogP contribution < -0.4 is 5.48 Å². The van der Waals surface area contributed by atoms with Crippen molar-refractivity contribution in [2.24, 2.45) is 5.92 Å². The standard InChI is InChI=1S/C12H24NO2/c1-4-11-6-8-12(9-7-11)14-10(3)15-13-5-2/h10-12H,4-9H2,1-3H3. The van der Waals surface area contributed by atoms with Crippen molar-refractivity contribution < 1.29 is 9.57 Å². The molecule has 0 aromatic heterocycles. The maximum absolute atomic E-state index is 5.77. The fourth-order valence-electron chi connectivity index (χ4n) is 2.15. The van der Waals surface area contributed by atoms with Crippen molar-refractivity contribution in [3.8, 4) is 0 Å². The van der Waals surface area contributed by atoms with Gasteiger partial charge in [0.1, 0.15) is 0 Å². The Bertz CT molecular complexity index is 156. The molecule has 3 nitrogen and oxygen atoms in total. The van der Waals surface area contributed by atoms with Crippen LogP contribution in [0.4, 0.5) is 0 Å².